The molecule has 0 aromatic carbocycles. The highest BCUT2D eigenvalue weighted by Gasteiger charge is 2.12. The zero-order valence-corrected chi connectivity index (χ0v) is 26.3. The van der Waals surface area contributed by atoms with Crippen molar-refractivity contribution in [3.05, 3.63) is 0 Å². The molecule has 0 saturated carbocycles. The number of unbranched alkanes of at least 4 members (excludes halogenated alkanes) is 20. The number of rotatable bonds is 30. The van der Waals surface area contributed by atoms with E-state index in [-0.39, 0.29) is 25.2 Å². The van der Waals surface area contributed by atoms with Gasteiger partial charge in [-0.1, -0.05) is 156 Å². The van der Waals surface area contributed by atoms with Crippen LogP contribution in [0, 0.1) is 5.92 Å². The summed E-state index contributed by atoms with van der Waals surface area (Å²) >= 11 is 0. The van der Waals surface area contributed by atoms with E-state index in [0.29, 0.717) is 12.8 Å². The van der Waals surface area contributed by atoms with Crippen molar-refractivity contribution in [2.45, 2.75) is 187 Å². The quantitative estimate of drug-likeness (QED) is 0.0706. The highest BCUT2D eigenvalue weighted by atomic mass is 16.6. The third-order valence-electron chi connectivity index (χ3n) is 7.52. The maximum Gasteiger partial charge on any atom is 0.305 e. The fourth-order valence-electron chi connectivity index (χ4n) is 4.92. The second-order valence-corrected chi connectivity index (χ2v) is 12.1. The Kier molecular flexibility index (Phi) is 29.0. The molecular formula is C34H66O5. The fourth-order valence-corrected chi connectivity index (χ4v) is 4.92. The summed E-state index contributed by atoms with van der Waals surface area (Å²) in [6.45, 7) is 6.63. The van der Waals surface area contributed by atoms with Crippen LogP contribution in [0.1, 0.15) is 181 Å². The molecule has 1 N–H and O–H groups in total. The Morgan fingerprint density at radius 3 is 1.15 bits per heavy atom. The lowest BCUT2D eigenvalue weighted by Crippen LogP contribution is -2.25. The third-order valence-corrected chi connectivity index (χ3v) is 7.52. The number of aliphatic hydroxyl groups excluding tert-OH is 1. The van der Waals surface area contributed by atoms with Crippen LogP contribution in [0.15, 0.2) is 0 Å². The Morgan fingerprint density at radius 2 is 0.821 bits per heavy atom. The molecule has 0 spiro atoms. The van der Waals surface area contributed by atoms with Crippen LogP contribution in [0.2, 0.25) is 0 Å². The van der Waals surface area contributed by atoms with Gasteiger partial charge in [0.15, 0.2) is 0 Å². The molecule has 0 aromatic rings. The summed E-state index contributed by atoms with van der Waals surface area (Å²) < 4.78 is 10.3. The van der Waals surface area contributed by atoms with Crippen molar-refractivity contribution in [1.82, 2.24) is 0 Å². The lowest BCUT2D eigenvalue weighted by atomic mass is 10.0. The molecule has 0 bridgehead atoms. The van der Waals surface area contributed by atoms with E-state index in [0.717, 1.165) is 38.0 Å². The molecule has 0 aliphatic rings. The summed E-state index contributed by atoms with van der Waals surface area (Å²) in [5, 5.41) is 9.94. The van der Waals surface area contributed by atoms with E-state index >= 15 is 0 Å². The number of ether oxygens (including phenoxy) is 2. The maximum atomic E-state index is 11.9. The van der Waals surface area contributed by atoms with Crippen molar-refractivity contribution in [2.24, 2.45) is 5.92 Å². The molecule has 0 unspecified atom stereocenters. The minimum Gasteiger partial charge on any atom is -0.463 e. The normalized spacial score (nSPS) is 12.1. The third kappa shape index (κ3) is 31.3. The molecule has 232 valence electrons. The molecular weight excluding hydrogens is 488 g/mol. The lowest BCUT2D eigenvalue weighted by Gasteiger charge is -2.12. The van der Waals surface area contributed by atoms with Crippen molar-refractivity contribution in [1.29, 1.82) is 0 Å². The molecule has 39 heavy (non-hydrogen) atoms. The summed E-state index contributed by atoms with van der Waals surface area (Å²) in [5.41, 5.74) is 0. The molecule has 5 heteroatoms. The minimum atomic E-state index is -0.953. The molecule has 0 saturated heterocycles. The van der Waals surface area contributed by atoms with Crippen molar-refractivity contribution in [3.63, 3.8) is 0 Å². The van der Waals surface area contributed by atoms with E-state index in [1.54, 1.807) is 0 Å². The minimum absolute atomic E-state index is 0.109. The Balaban J connectivity index is 3.39. The topological polar surface area (TPSA) is 72.8 Å². The van der Waals surface area contributed by atoms with Crippen LogP contribution in [0.25, 0.3) is 0 Å². The molecule has 0 fully saturated rings. The van der Waals surface area contributed by atoms with Gasteiger partial charge in [-0.15, -0.1) is 0 Å². The van der Waals surface area contributed by atoms with Gasteiger partial charge in [0.1, 0.15) is 19.3 Å². The predicted molar refractivity (Wildman–Crippen MR) is 164 cm³/mol. The summed E-state index contributed by atoms with van der Waals surface area (Å²) in [6, 6.07) is 0. The van der Waals surface area contributed by atoms with Gasteiger partial charge in [0.2, 0.25) is 0 Å². The van der Waals surface area contributed by atoms with Crippen LogP contribution in [0.4, 0.5) is 0 Å². The monoisotopic (exact) mass is 554 g/mol. The zero-order chi connectivity index (χ0) is 28.8. The molecule has 0 amide bonds. The first-order valence-electron chi connectivity index (χ1n) is 16.9. The van der Waals surface area contributed by atoms with Crippen LogP contribution in [-0.2, 0) is 19.1 Å². The lowest BCUT2D eigenvalue weighted by molar-refractivity contribution is -0.152. The molecule has 0 aliphatic heterocycles. The van der Waals surface area contributed by atoms with Crippen LogP contribution in [-0.4, -0.2) is 36.4 Å². The van der Waals surface area contributed by atoms with E-state index in [9.17, 15) is 14.7 Å². The average molecular weight is 555 g/mol. The second-order valence-electron chi connectivity index (χ2n) is 12.1. The van der Waals surface area contributed by atoms with Crippen LogP contribution < -0.4 is 0 Å². The van der Waals surface area contributed by atoms with Gasteiger partial charge in [-0.25, -0.2) is 0 Å². The van der Waals surface area contributed by atoms with Crippen LogP contribution in [0.5, 0.6) is 0 Å². The fraction of sp³-hybridized carbons (Fsp3) is 0.941. The smallest absolute Gasteiger partial charge is 0.305 e. The highest BCUT2D eigenvalue weighted by Crippen LogP contribution is 2.15. The van der Waals surface area contributed by atoms with Crippen LogP contribution in [0.3, 0.4) is 0 Å². The number of hydrogen-bond acceptors (Lipinski definition) is 5. The van der Waals surface area contributed by atoms with E-state index in [1.165, 1.54) is 116 Å². The van der Waals surface area contributed by atoms with E-state index in [4.69, 9.17) is 9.47 Å². The van der Waals surface area contributed by atoms with E-state index < -0.39 is 6.10 Å². The highest BCUT2D eigenvalue weighted by molar-refractivity contribution is 5.69. The Labute approximate surface area is 242 Å². The molecule has 0 aliphatic carbocycles. The number of esters is 2. The molecule has 0 radical (unpaired) electrons. The largest absolute Gasteiger partial charge is 0.463 e. The number of carbonyl (C=O) groups is 2. The Morgan fingerprint density at radius 1 is 0.513 bits per heavy atom. The van der Waals surface area contributed by atoms with Gasteiger partial charge in [0.25, 0.3) is 0 Å². The molecule has 0 aromatic heterocycles. The van der Waals surface area contributed by atoms with Gasteiger partial charge in [-0.3, -0.25) is 9.59 Å². The SMILES string of the molecule is CCCCCCCCCCCC(=O)OC[C@H](O)COC(=O)CCCCCCCCCCCCCCCC(C)C. The van der Waals surface area contributed by atoms with Gasteiger partial charge in [0.05, 0.1) is 0 Å². The molecule has 0 rings (SSSR count). The number of carbonyl (C=O) groups excluding carboxylic acids is 2. The Bertz CT molecular complexity index is 534. The van der Waals surface area contributed by atoms with Gasteiger partial charge in [-0.2, -0.15) is 0 Å². The summed E-state index contributed by atoms with van der Waals surface area (Å²) in [4.78, 5) is 23.7. The first-order chi connectivity index (χ1) is 19.0. The second kappa shape index (κ2) is 29.9. The zero-order valence-electron chi connectivity index (χ0n) is 26.3. The van der Waals surface area contributed by atoms with Crippen molar-refractivity contribution < 1.29 is 24.2 Å². The Hall–Kier alpha value is -1.10. The summed E-state index contributed by atoms with van der Waals surface area (Å²) in [5.74, 6) is 0.288. The molecule has 5 nitrogen and oxygen atoms in total. The van der Waals surface area contributed by atoms with Gasteiger partial charge in [-0.05, 0) is 18.8 Å². The number of hydrogen-bond donors (Lipinski definition) is 1. The first kappa shape index (κ1) is 37.9. The van der Waals surface area contributed by atoms with E-state index in [2.05, 4.69) is 20.8 Å². The summed E-state index contributed by atoms with van der Waals surface area (Å²) in [7, 11) is 0. The molecule has 1 atom stereocenters. The van der Waals surface area contributed by atoms with Crippen molar-refractivity contribution >= 4 is 11.9 Å². The van der Waals surface area contributed by atoms with E-state index in [1.807, 2.05) is 0 Å². The van der Waals surface area contributed by atoms with Crippen LogP contribution >= 0.6 is 0 Å². The molecule has 0 heterocycles. The standard InChI is InChI=1S/C34H66O5/c1-4-5-6-7-8-14-18-21-24-27-33(36)38-29-32(35)30-39-34(37)28-25-22-19-16-13-11-9-10-12-15-17-20-23-26-31(2)3/h31-32,35H,4-30H2,1-3H3/t32-/m0/s1. The summed E-state index contributed by atoms with van der Waals surface area (Å²) in [6.07, 6.45) is 28.7. The van der Waals surface area contributed by atoms with Crippen molar-refractivity contribution in [3.8, 4) is 0 Å². The van der Waals surface area contributed by atoms with Gasteiger partial charge >= 0.3 is 11.9 Å². The first-order valence-corrected chi connectivity index (χ1v) is 16.9. The predicted octanol–water partition coefficient (Wildman–Crippen LogP) is 9.86. The number of aliphatic hydroxyl groups is 1. The van der Waals surface area contributed by atoms with Gasteiger partial charge in [0, 0.05) is 12.8 Å². The average Bonchev–Trinajstić information content (AvgIpc) is 2.91. The van der Waals surface area contributed by atoms with Crippen molar-refractivity contribution in [2.75, 3.05) is 13.2 Å². The van der Waals surface area contributed by atoms with Gasteiger partial charge < -0.3 is 14.6 Å². The maximum absolute atomic E-state index is 11.9.